The predicted octanol–water partition coefficient (Wildman–Crippen LogP) is 8.15. The van der Waals surface area contributed by atoms with Gasteiger partial charge in [0.15, 0.2) is 0 Å². The molecule has 0 nitrogen and oxygen atoms in total. The monoisotopic (exact) mass is 296 g/mol. The van der Waals surface area contributed by atoms with Gasteiger partial charge >= 0.3 is 0 Å². The maximum Gasteiger partial charge on any atom is -0.0414 e. The lowest BCUT2D eigenvalue weighted by molar-refractivity contribution is 0.307. The summed E-state index contributed by atoms with van der Waals surface area (Å²) in [6.45, 7) is 9.43. The van der Waals surface area contributed by atoms with Gasteiger partial charge < -0.3 is 0 Å². The molecule has 0 aliphatic carbocycles. The van der Waals surface area contributed by atoms with E-state index in [1.54, 1.807) is 0 Å². The first kappa shape index (κ1) is 21.0. The van der Waals surface area contributed by atoms with Gasteiger partial charge in [-0.2, -0.15) is 0 Å². The lowest BCUT2D eigenvalue weighted by Gasteiger charge is -2.22. The van der Waals surface area contributed by atoms with Crippen molar-refractivity contribution in [2.45, 2.75) is 124 Å². The second-order valence-electron chi connectivity index (χ2n) is 7.19. The first-order valence-corrected chi connectivity index (χ1v) is 10.3. The van der Waals surface area contributed by atoms with Crippen LogP contribution in [-0.4, -0.2) is 0 Å². The fourth-order valence-electron chi connectivity index (χ4n) is 3.52. The Morgan fingerprint density at radius 3 is 1.29 bits per heavy atom. The molecule has 128 valence electrons. The Balaban J connectivity index is 3.71. The molecule has 0 aromatic rings. The first-order valence-electron chi connectivity index (χ1n) is 10.3. The van der Waals surface area contributed by atoms with Crippen LogP contribution in [0.5, 0.6) is 0 Å². The van der Waals surface area contributed by atoms with Gasteiger partial charge in [-0.1, -0.05) is 118 Å². The normalized spacial score (nSPS) is 14.3. The third-order valence-corrected chi connectivity index (χ3v) is 5.25. The summed E-state index contributed by atoms with van der Waals surface area (Å²) in [6.07, 6.45) is 21.7. The van der Waals surface area contributed by atoms with E-state index in [1.807, 2.05) is 0 Å². The molecular weight excluding hydrogens is 252 g/mol. The maximum absolute atomic E-state index is 2.41. The van der Waals surface area contributed by atoms with Crippen LogP contribution < -0.4 is 0 Å². The molecule has 0 N–H and O–H groups in total. The quantitative estimate of drug-likeness (QED) is 0.252. The number of unbranched alkanes of at least 4 members (excludes halogenated alkanes) is 8. The number of hydrogen-bond acceptors (Lipinski definition) is 0. The fraction of sp³-hybridized carbons (Fsp3) is 1.00. The molecule has 0 amide bonds. The van der Waals surface area contributed by atoms with Crippen molar-refractivity contribution < 1.29 is 0 Å². The van der Waals surface area contributed by atoms with Crippen LogP contribution in [-0.2, 0) is 0 Å². The Labute approximate surface area is 136 Å². The van der Waals surface area contributed by atoms with Crippen LogP contribution >= 0.6 is 0 Å². The second-order valence-corrected chi connectivity index (χ2v) is 7.19. The molecule has 0 radical (unpaired) electrons. The van der Waals surface area contributed by atoms with Gasteiger partial charge in [-0.05, 0) is 18.3 Å². The van der Waals surface area contributed by atoms with Gasteiger partial charge in [0, 0.05) is 0 Å². The van der Waals surface area contributed by atoms with E-state index < -0.39 is 0 Å². The van der Waals surface area contributed by atoms with E-state index in [2.05, 4.69) is 27.7 Å². The summed E-state index contributed by atoms with van der Waals surface area (Å²) < 4.78 is 0. The zero-order valence-corrected chi connectivity index (χ0v) is 15.8. The summed E-state index contributed by atoms with van der Waals surface area (Å²) in [5.41, 5.74) is 0. The minimum absolute atomic E-state index is 1.01. The number of hydrogen-bond donors (Lipinski definition) is 0. The fourth-order valence-corrected chi connectivity index (χ4v) is 3.52. The molecule has 2 atom stereocenters. The van der Waals surface area contributed by atoms with Gasteiger partial charge in [-0.25, -0.2) is 0 Å². The smallest absolute Gasteiger partial charge is 0.0414 e. The third kappa shape index (κ3) is 13.4. The van der Waals surface area contributed by atoms with Crippen molar-refractivity contribution in [2.24, 2.45) is 11.8 Å². The molecule has 0 heterocycles. The van der Waals surface area contributed by atoms with Crippen LogP contribution in [0.15, 0.2) is 0 Å². The van der Waals surface area contributed by atoms with Crippen molar-refractivity contribution >= 4 is 0 Å². The molecule has 0 spiro atoms. The molecular formula is C21H44. The summed E-state index contributed by atoms with van der Waals surface area (Å²) in [5, 5.41) is 0. The SMILES string of the molecule is CCCCCCCCC(CC)CC(CC)CCCCCC. The molecule has 0 aliphatic heterocycles. The standard InChI is InChI=1S/C21H44/c1-5-9-11-13-14-16-18-21(8-4)19-20(7-3)17-15-12-10-6-2/h20-21H,5-19H2,1-4H3. The molecule has 0 saturated heterocycles. The van der Waals surface area contributed by atoms with Crippen molar-refractivity contribution in [3.05, 3.63) is 0 Å². The Morgan fingerprint density at radius 1 is 0.476 bits per heavy atom. The lowest BCUT2D eigenvalue weighted by Crippen LogP contribution is -2.08. The molecule has 2 unspecified atom stereocenters. The molecule has 0 heteroatoms. The lowest BCUT2D eigenvalue weighted by atomic mass is 9.84. The van der Waals surface area contributed by atoms with E-state index in [9.17, 15) is 0 Å². The van der Waals surface area contributed by atoms with Crippen LogP contribution in [0.1, 0.15) is 124 Å². The van der Waals surface area contributed by atoms with Gasteiger partial charge in [-0.3, -0.25) is 0 Å². The van der Waals surface area contributed by atoms with Crippen LogP contribution in [0.25, 0.3) is 0 Å². The van der Waals surface area contributed by atoms with Crippen molar-refractivity contribution in [3.63, 3.8) is 0 Å². The van der Waals surface area contributed by atoms with Crippen LogP contribution in [0.3, 0.4) is 0 Å². The highest BCUT2D eigenvalue weighted by Crippen LogP contribution is 2.27. The Bertz CT molecular complexity index is 184. The largest absolute Gasteiger partial charge is 0.0654 e. The van der Waals surface area contributed by atoms with E-state index in [1.165, 1.54) is 96.3 Å². The average molecular weight is 297 g/mol. The van der Waals surface area contributed by atoms with Gasteiger partial charge in [0.1, 0.15) is 0 Å². The summed E-state index contributed by atoms with van der Waals surface area (Å²) >= 11 is 0. The van der Waals surface area contributed by atoms with Crippen molar-refractivity contribution in [3.8, 4) is 0 Å². The Kier molecular flexibility index (Phi) is 16.4. The van der Waals surface area contributed by atoms with E-state index in [4.69, 9.17) is 0 Å². The predicted molar refractivity (Wildman–Crippen MR) is 98.9 cm³/mol. The number of rotatable bonds is 16. The highest BCUT2D eigenvalue weighted by Gasteiger charge is 2.13. The Hall–Kier alpha value is 0. The van der Waals surface area contributed by atoms with Gasteiger partial charge in [0.25, 0.3) is 0 Å². The van der Waals surface area contributed by atoms with Gasteiger partial charge in [-0.15, -0.1) is 0 Å². The van der Waals surface area contributed by atoms with E-state index in [-0.39, 0.29) is 0 Å². The molecule has 0 aliphatic rings. The summed E-state index contributed by atoms with van der Waals surface area (Å²) in [5.74, 6) is 2.01. The van der Waals surface area contributed by atoms with E-state index in [0.29, 0.717) is 0 Å². The van der Waals surface area contributed by atoms with E-state index >= 15 is 0 Å². The summed E-state index contributed by atoms with van der Waals surface area (Å²) in [6, 6.07) is 0. The van der Waals surface area contributed by atoms with Crippen molar-refractivity contribution in [1.82, 2.24) is 0 Å². The van der Waals surface area contributed by atoms with Gasteiger partial charge in [0.2, 0.25) is 0 Å². The molecule has 0 fully saturated rings. The molecule has 21 heavy (non-hydrogen) atoms. The molecule has 0 bridgehead atoms. The first-order chi connectivity index (χ1) is 10.3. The van der Waals surface area contributed by atoms with Crippen LogP contribution in [0.2, 0.25) is 0 Å². The Morgan fingerprint density at radius 2 is 0.857 bits per heavy atom. The minimum Gasteiger partial charge on any atom is -0.0654 e. The highest BCUT2D eigenvalue weighted by molar-refractivity contribution is 4.66. The van der Waals surface area contributed by atoms with E-state index in [0.717, 1.165) is 11.8 Å². The zero-order chi connectivity index (χ0) is 15.8. The zero-order valence-electron chi connectivity index (χ0n) is 15.8. The van der Waals surface area contributed by atoms with Crippen LogP contribution in [0.4, 0.5) is 0 Å². The topological polar surface area (TPSA) is 0 Å². The van der Waals surface area contributed by atoms with Crippen molar-refractivity contribution in [1.29, 1.82) is 0 Å². The molecule has 0 aromatic heterocycles. The van der Waals surface area contributed by atoms with Gasteiger partial charge in [0.05, 0.1) is 0 Å². The van der Waals surface area contributed by atoms with Crippen molar-refractivity contribution in [2.75, 3.05) is 0 Å². The minimum atomic E-state index is 1.01. The molecule has 0 rings (SSSR count). The third-order valence-electron chi connectivity index (χ3n) is 5.25. The molecule has 0 saturated carbocycles. The summed E-state index contributed by atoms with van der Waals surface area (Å²) in [7, 11) is 0. The summed E-state index contributed by atoms with van der Waals surface area (Å²) in [4.78, 5) is 0. The maximum atomic E-state index is 2.41. The average Bonchev–Trinajstić information content (AvgIpc) is 2.51. The molecule has 0 aromatic carbocycles. The van der Waals surface area contributed by atoms with Crippen LogP contribution in [0, 0.1) is 11.8 Å². The second kappa shape index (κ2) is 16.4. The highest BCUT2D eigenvalue weighted by atomic mass is 14.2.